The zero-order chi connectivity index (χ0) is 15.6. The van der Waals surface area contributed by atoms with Crippen LogP contribution >= 0.6 is 23.2 Å². The van der Waals surface area contributed by atoms with Crippen LogP contribution in [0.15, 0.2) is 18.2 Å². The molecular weight excluding hydrogens is 317 g/mol. The van der Waals surface area contributed by atoms with Gasteiger partial charge in [-0.25, -0.2) is 4.98 Å². The highest BCUT2D eigenvalue weighted by Gasteiger charge is 2.15. The molecule has 0 fully saturated rings. The Hall–Kier alpha value is -1.92. The van der Waals surface area contributed by atoms with Crippen LogP contribution in [0, 0.1) is 17.0 Å². The van der Waals surface area contributed by atoms with Crippen molar-refractivity contribution in [3.05, 3.63) is 49.9 Å². The van der Waals surface area contributed by atoms with Gasteiger partial charge in [0.2, 0.25) is 5.88 Å². The lowest BCUT2D eigenvalue weighted by molar-refractivity contribution is -0.384. The molecule has 0 bridgehead atoms. The van der Waals surface area contributed by atoms with Gasteiger partial charge in [-0.1, -0.05) is 30.1 Å². The summed E-state index contributed by atoms with van der Waals surface area (Å²) in [6.45, 7) is 3.62. The summed E-state index contributed by atoms with van der Waals surface area (Å²) in [7, 11) is 0. The number of aromatic nitrogens is 2. The van der Waals surface area contributed by atoms with Gasteiger partial charge in [-0.2, -0.15) is 4.98 Å². The maximum atomic E-state index is 10.7. The van der Waals surface area contributed by atoms with Crippen molar-refractivity contribution >= 4 is 28.9 Å². The normalized spacial score (nSPS) is 10.5. The third-order valence-electron chi connectivity index (χ3n) is 2.73. The molecule has 0 atom stereocenters. The fourth-order valence-corrected chi connectivity index (χ4v) is 2.00. The highest BCUT2D eigenvalue weighted by atomic mass is 35.5. The number of halogens is 2. The Morgan fingerprint density at radius 2 is 2.05 bits per heavy atom. The van der Waals surface area contributed by atoms with Crippen LogP contribution in [-0.4, -0.2) is 14.9 Å². The van der Waals surface area contributed by atoms with Crippen molar-refractivity contribution < 1.29 is 9.66 Å². The van der Waals surface area contributed by atoms with Gasteiger partial charge in [0.15, 0.2) is 0 Å². The molecule has 0 spiro atoms. The van der Waals surface area contributed by atoms with E-state index in [2.05, 4.69) is 9.97 Å². The molecule has 2 aromatic rings. The number of benzene rings is 1. The summed E-state index contributed by atoms with van der Waals surface area (Å²) in [6.07, 6.45) is 0.609. The molecule has 1 aromatic heterocycles. The Morgan fingerprint density at radius 3 is 2.62 bits per heavy atom. The minimum Gasteiger partial charge on any atom is -0.439 e. The van der Waals surface area contributed by atoms with Crippen molar-refractivity contribution in [2.45, 2.75) is 20.3 Å². The Morgan fingerprint density at radius 1 is 1.33 bits per heavy atom. The average molecular weight is 328 g/mol. The van der Waals surface area contributed by atoms with Crippen molar-refractivity contribution in [2.24, 2.45) is 0 Å². The first-order valence-corrected chi connectivity index (χ1v) is 6.82. The van der Waals surface area contributed by atoms with Gasteiger partial charge in [-0.15, -0.1) is 0 Å². The van der Waals surface area contributed by atoms with Crippen LogP contribution in [0.25, 0.3) is 0 Å². The molecule has 0 aliphatic rings. The van der Waals surface area contributed by atoms with Gasteiger partial charge in [-0.3, -0.25) is 10.1 Å². The number of aryl methyl sites for hydroxylation is 1. The standard InChI is InChI=1S/C13H11Cl2N3O3/c1-3-11-16-12(15)7(2)13(17-11)21-8-4-5-10(18(19)20)9(14)6-8/h4-6H,3H2,1-2H3. The molecule has 0 aliphatic carbocycles. The summed E-state index contributed by atoms with van der Waals surface area (Å²) < 4.78 is 5.61. The number of hydrogen-bond acceptors (Lipinski definition) is 5. The summed E-state index contributed by atoms with van der Waals surface area (Å²) in [6, 6.07) is 4.09. The third kappa shape index (κ3) is 3.40. The van der Waals surface area contributed by atoms with E-state index in [1.54, 1.807) is 6.92 Å². The molecule has 0 N–H and O–H groups in total. The maximum Gasteiger partial charge on any atom is 0.288 e. The molecule has 2 rings (SSSR count). The second-order valence-electron chi connectivity index (χ2n) is 4.19. The molecule has 1 heterocycles. The molecule has 0 radical (unpaired) electrons. The van der Waals surface area contributed by atoms with E-state index in [-0.39, 0.29) is 10.7 Å². The van der Waals surface area contributed by atoms with Crippen LogP contribution in [0.5, 0.6) is 11.6 Å². The van der Waals surface area contributed by atoms with Crippen LogP contribution in [0.1, 0.15) is 18.3 Å². The molecule has 0 saturated carbocycles. The van der Waals surface area contributed by atoms with E-state index >= 15 is 0 Å². The van der Waals surface area contributed by atoms with Gasteiger partial charge < -0.3 is 4.74 Å². The quantitative estimate of drug-likeness (QED) is 0.473. The van der Waals surface area contributed by atoms with E-state index in [1.165, 1.54) is 18.2 Å². The lowest BCUT2D eigenvalue weighted by Crippen LogP contribution is -2.00. The average Bonchev–Trinajstić information content (AvgIpc) is 2.43. The first kappa shape index (κ1) is 15.5. The molecular formula is C13H11Cl2N3O3. The van der Waals surface area contributed by atoms with E-state index in [0.717, 1.165) is 0 Å². The van der Waals surface area contributed by atoms with Crippen LogP contribution in [0.4, 0.5) is 5.69 Å². The SMILES string of the molecule is CCc1nc(Cl)c(C)c(Oc2ccc([N+](=O)[O-])c(Cl)c2)n1. The monoisotopic (exact) mass is 327 g/mol. The topological polar surface area (TPSA) is 78.2 Å². The molecule has 1 aromatic carbocycles. The fourth-order valence-electron chi connectivity index (χ4n) is 1.58. The predicted octanol–water partition coefficient (Wildman–Crippen LogP) is 4.35. The Balaban J connectivity index is 2.36. The number of ether oxygens (including phenoxy) is 1. The zero-order valence-corrected chi connectivity index (χ0v) is 12.8. The van der Waals surface area contributed by atoms with Crippen molar-refractivity contribution in [3.8, 4) is 11.6 Å². The van der Waals surface area contributed by atoms with E-state index in [1.807, 2.05) is 6.92 Å². The molecule has 0 aliphatic heterocycles. The highest BCUT2D eigenvalue weighted by Crippen LogP contribution is 2.32. The third-order valence-corrected chi connectivity index (χ3v) is 3.41. The van der Waals surface area contributed by atoms with E-state index in [0.29, 0.717) is 34.6 Å². The summed E-state index contributed by atoms with van der Waals surface area (Å²) in [4.78, 5) is 18.5. The van der Waals surface area contributed by atoms with Crippen LogP contribution in [-0.2, 0) is 6.42 Å². The van der Waals surface area contributed by atoms with E-state index in [9.17, 15) is 10.1 Å². The summed E-state index contributed by atoms with van der Waals surface area (Å²) in [5, 5.41) is 11.0. The predicted molar refractivity (Wildman–Crippen MR) is 79.3 cm³/mol. The lowest BCUT2D eigenvalue weighted by Gasteiger charge is -2.10. The number of nitrogens with zero attached hydrogens (tertiary/aromatic N) is 3. The minimum atomic E-state index is -0.561. The summed E-state index contributed by atoms with van der Waals surface area (Å²) >= 11 is 11.9. The largest absolute Gasteiger partial charge is 0.439 e. The molecule has 8 heteroatoms. The van der Waals surface area contributed by atoms with Gasteiger partial charge in [-0.05, 0) is 13.0 Å². The Kier molecular flexibility index (Phi) is 4.59. The van der Waals surface area contributed by atoms with Gasteiger partial charge in [0.05, 0.1) is 4.92 Å². The van der Waals surface area contributed by atoms with Gasteiger partial charge in [0.1, 0.15) is 21.7 Å². The number of hydrogen-bond donors (Lipinski definition) is 0. The molecule has 6 nitrogen and oxygen atoms in total. The van der Waals surface area contributed by atoms with E-state index < -0.39 is 4.92 Å². The summed E-state index contributed by atoms with van der Waals surface area (Å²) in [5.74, 6) is 1.19. The van der Waals surface area contributed by atoms with Crippen LogP contribution < -0.4 is 4.74 Å². The van der Waals surface area contributed by atoms with Gasteiger partial charge in [0.25, 0.3) is 5.69 Å². The Bertz CT molecular complexity index is 707. The minimum absolute atomic E-state index is 0.00831. The number of rotatable bonds is 4. The van der Waals surface area contributed by atoms with E-state index in [4.69, 9.17) is 27.9 Å². The maximum absolute atomic E-state index is 10.7. The second-order valence-corrected chi connectivity index (χ2v) is 4.95. The van der Waals surface area contributed by atoms with Gasteiger partial charge >= 0.3 is 0 Å². The molecule has 110 valence electrons. The van der Waals surface area contributed by atoms with Crippen LogP contribution in [0.2, 0.25) is 10.2 Å². The first-order valence-electron chi connectivity index (χ1n) is 6.07. The molecule has 0 amide bonds. The van der Waals surface area contributed by atoms with Crippen LogP contribution in [0.3, 0.4) is 0 Å². The number of nitro groups is 1. The van der Waals surface area contributed by atoms with Crippen molar-refractivity contribution in [1.82, 2.24) is 9.97 Å². The van der Waals surface area contributed by atoms with Crippen molar-refractivity contribution in [1.29, 1.82) is 0 Å². The summed E-state index contributed by atoms with van der Waals surface area (Å²) in [5.41, 5.74) is 0.402. The fraction of sp³-hybridized carbons (Fsp3) is 0.231. The number of nitro benzene ring substituents is 1. The molecule has 21 heavy (non-hydrogen) atoms. The van der Waals surface area contributed by atoms with Crippen molar-refractivity contribution in [2.75, 3.05) is 0 Å². The first-order chi connectivity index (χ1) is 9.92. The second kappa shape index (κ2) is 6.24. The highest BCUT2D eigenvalue weighted by molar-refractivity contribution is 6.32. The van der Waals surface area contributed by atoms with Gasteiger partial charge in [0, 0.05) is 24.1 Å². The zero-order valence-electron chi connectivity index (χ0n) is 11.3. The molecule has 0 saturated heterocycles. The smallest absolute Gasteiger partial charge is 0.288 e. The van der Waals surface area contributed by atoms with Crippen molar-refractivity contribution in [3.63, 3.8) is 0 Å². The Labute approximate surface area is 130 Å². The molecule has 0 unspecified atom stereocenters. The lowest BCUT2D eigenvalue weighted by atomic mass is 10.3.